The lowest BCUT2D eigenvalue weighted by molar-refractivity contribution is 0.153. The van der Waals surface area contributed by atoms with Crippen molar-refractivity contribution in [3.63, 3.8) is 0 Å². The molecule has 0 aliphatic rings. The SMILES string of the molecule is O=C(NCCc1cc(Br)ccc1OCc1ccccc1)OCCSI. The molecule has 4 nitrogen and oxygen atoms in total. The standard InChI is InChI=1S/C18H19BrINO3S/c19-16-6-7-17(24-13-14-4-2-1-3-5-14)15(12-16)8-9-21-18(22)23-10-11-25-20/h1-7,12H,8-11,13H2,(H,21,22). The number of rotatable bonds is 9. The molecule has 1 N–H and O–H groups in total. The molecule has 1 amide bonds. The van der Waals surface area contributed by atoms with E-state index in [0.717, 1.165) is 27.1 Å². The molecule has 7 heteroatoms. The summed E-state index contributed by atoms with van der Waals surface area (Å²) in [6, 6.07) is 15.9. The Bertz CT molecular complexity index is 673. The number of ether oxygens (including phenoxy) is 2. The van der Waals surface area contributed by atoms with Crippen LogP contribution in [0.1, 0.15) is 11.1 Å². The Morgan fingerprint density at radius 1 is 1.20 bits per heavy atom. The van der Waals surface area contributed by atoms with Crippen LogP contribution in [0.4, 0.5) is 4.79 Å². The van der Waals surface area contributed by atoms with Gasteiger partial charge in [-0.15, -0.1) is 0 Å². The fraction of sp³-hybridized carbons (Fsp3) is 0.278. The van der Waals surface area contributed by atoms with Gasteiger partial charge in [-0.25, -0.2) is 4.79 Å². The molecule has 2 aromatic carbocycles. The summed E-state index contributed by atoms with van der Waals surface area (Å²) in [7, 11) is 1.61. The Hall–Kier alpha value is -0.930. The third-order valence-corrected chi connectivity index (χ3v) is 5.45. The van der Waals surface area contributed by atoms with Crippen molar-refractivity contribution in [2.45, 2.75) is 13.0 Å². The Morgan fingerprint density at radius 2 is 2.00 bits per heavy atom. The van der Waals surface area contributed by atoms with Crippen LogP contribution in [-0.4, -0.2) is 25.0 Å². The average Bonchev–Trinajstić information content (AvgIpc) is 2.62. The second-order valence-electron chi connectivity index (χ2n) is 5.15. The maximum Gasteiger partial charge on any atom is 0.407 e. The average molecular weight is 536 g/mol. The zero-order valence-electron chi connectivity index (χ0n) is 13.5. The summed E-state index contributed by atoms with van der Waals surface area (Å²) in [5, 5.41) is 2.77. The van der Waals surface area contributed by atoms with Gasteiger partial charge in [0.05, 0.1) is 0 Å². The Kier molecular flexibility index (Phi) is 9.49. The molecule has 134 valence electrons. The summed E-state index contributed by atoms with van der Waals surface area (Å²) in [5.74, 6) is 1.61. The number of nitrogens with one attached hydrogen (secondary N) is 1. The van der Waals surface area contributed by atoms with Gasteiger partial charge in [0.15, 0.2) is 0 Å². The van der Waals surface area contributed by atoms with Gasteiger partial charge in [0.2, 0.25) is 0 Å². The Morgan fingerprint density at radius 3 is 2.76 bits per heavy atom. The van der Waals surface area contributed by atoms with Gasteiger partial charge in [0, 0.05) is 16.8 Å². The van der Waals surface area contributed by atoms with Crippen molar-refractivity contribution < 1.29 is 14.3 Å². The highest BCUT2D eigenvalue weighted by molar-refractivity contribution is 14.2. The van der Waals surface area contributed by atoms with Gasteiger partial charge in [-0.2, -0.15) is 0 Å². The van der Waals surface area contributed by atoms with Crippen molar-refractivity contribution in [1.29, 1.82) is 0 Å². The molecular formula is C18H19BrINO3S. The van der Waals surface area contributed by atoms with Crippen LogP contribution in [0.3, 0.4) is 0 Å². The lowest BCUT2D eigenvalue weighted by atomic mass is 10.1. The van der Waals surface area contributed by atoms with Crippen molar-refractivity contribution in [2.24, 2.45) is 0 Å². The van der Waals surface area contributed by atoms with Crippen molar-refractivity contribution >= 4 is 52.2 Å². The molecule has 0 saturated heterocycles. The quantitative estimate of drug-likeness (QED) is 0.346. The minimum absolute atomic E-state index is 0.382. The number of benzene rings is 2. The maximum atomic E-state index is 11.6. The minimum Gasteiger partial charge on any atom is -0.489 e. The summed E-state index contributed by atoms with van der Waals surface area (Å²) in [6.45, 7) is 1.43. The fourth-order valence-electron chi connectivity index (χ4n) is 2.14. The van der Waals surface area contributed by atoms with Crippen molar-refractivity contribution in [2.75, 3.05) is 18.9 Å². The van der Waals surface area contributed by atoms with Gasteiger partial charge in [-0.3, -0.25) is 0 Å². The Labute approximate surface area is 172 Å². The predicted molar refractivity (Wildman–Crippen MR) is 114 cm³/mol. The highest BCUT2D eigenvalue weighted by Gasteiger charge is 2.07. The van der Waals surface area contributed by atoms with E-state index >= 15 is 0 Å². The number of carbonyl (C=O) groups is 1. The molecule has 0 aliphatic carbocycles. The van der Waals surface area contributed by atoms with Gasteiger partial charge in [0.25, 0.3) is 0 Å². The van der Waals surface area contributed by atoms with Crippen LogP contribution in [0.5, 0.6) is 5.75 Å². The molecule has 2 rings (SSSR count). The van der Waals surface area contributed by atoms with Gasteiger partial charge in [0.1, 0.15) is 19.0 Å². The largest absolute Gasteiger partial charge is 0.489 e. The molecule has 0 fully saturated rings. The van der Waals surface area contributed by atoms with Gasteiger partial charge >= 0.3 is 6.09 Å². The monoisotopic (exact) mass is 535 g/mol. The van der Waals surface area contributed by atoms with E-state index in [0.29, 0.717) is 26.2 Å². The number of halogens is 2. The van der Waals surface area contributed by atoms with Crippen LogP contribution in [0.15, 0.2) is 53.0 Å². The predicted octanol–water partition coefficient (Wildman–Crippen LogP) is 5.38. The number of hydrogen-bond acceptors (Lipinski definition) is 4. The number of amides is 1. The zero-order chi connectivity index (χ0) is 17.9. The maximum absolute atomic E-state index is 11.6. The van der Waals surface area contributed by atoms with Crippen molar-refractivity contribution in [3.05, 3.63) is 64.1 Å². The van der Waals surface area contributed by atoms with Crippen LogP contribution in [-0.2, 0) is 17.8 Å². The third-order valence-electron chi connectivity index (χ3n) is 3.32. The first-order valence-electron chi connectivity index (χ1n) is 7.78. The van der Waals surface area contributed by atoms with Gasteiger partial charge in [-0.1, -0.05) is 55.2 Å². The first-order chi connectivity index (χ1) is 12.2. The van der Waals surface area contributed by atoms with E-state index < -0.39 is 0 Å². The molecule has 0 aliphatic heterocycles. The van der Waals surface area contributed by atoms with Crippen molar-refractivity contribution in [1.82, 2.24) is 5.32 Å². The van der Waals surface area contributed by atoms with E-state index in [1.807, 2.05) is 48.5 Å². The molecule has 0 spiro atoms. The fourth-order valence-corrected chi connectivity index (χ4v) is 3.23. The number of alkyl carbamates (subject to hydrolysis) is 1. The van der Waals surface area contributed by atoms with E-state index in [1.54, 1.807) is 8.93 Å². The van der Waals surface area contributed by atoms with E-state index in [1.165, 1.54) is 0 Å². The van der Waals surface area contributed by atoms with E-state index in [2.05, 4.69) is 42.5 Å². The lowest BCUT2D eigenvalue weighted by Crippen LogP contribution is -2.27. The van der Waals surface area contributed by atoms with Crippen molar-refractivity contribution in [3.8, 4) is 5.75 Å². The summed E-state index contributed by atoms with van der Waals surface area (Å²) < 4.78 is 12.0. The molecule has 0 radical (unpaired) electrons. The van der Waals surface area contributed by atoms with Gasteiger partial charge < -0.3 is 14.8 Å². The summed E-state index contributed by atoms with van der Waals surface area (Å²) in [4.78, 5) is 11.6. The Balaban J connectivity index is 1.86. The molecule has 0 unspecified atom stereocenters. The molecule has 0 saturated carbocycles. The van der Waals surface area contributed by atoms with Crippen LogP contribution < -0.4 is 10.1 Å². The molecule has 0 aromatic heterocycles. The second-order valence-corrected chi connectivity index (χ2v) is 8.56. The third kappa shape index (κ3) is 7.87. The summed E-state index contributed by atoms with van der Waals surface area (Å²) in [5.41, 5.74) is 2.15. The molecule has 0 bridgehead atoms. The molecule has 0 heterocycles. The van der Waals surface area contributed by atoms with E-state index in [4.69, 9.17) is 9.47 Å². The normalized spacial score (nSPS) is 10.3. The lowest BCUT2D eigenvalue weighted by Gasteiger charge is -2.13. The molecule has 0 atom stereocenters. The zero-order valence-corrected chi connectivity index (χ0v) is 18.1. The molecule has 2 aromatic rings. The number of hydrogen-bond donors (Lipinski definition) is 1. The second kappa shape index (κ2) is 11.6. The first kappa shape index (κ1) is 20.4. The van der Waals surface area contributed by atoms with Gasteiger partial charge in [-0.05, 0) is 57.0 Å². The van der Waals surface area contributed by atoms with E-state index in [-0.39, 0.29) is 6.09 Å². The summed E-state index contributed by atoms with van der Waals surface area (Å²) >= 11 is 5.66. The first-order valence-corrected chi connectivity index (χ1v) is 12.1. The number of carbonyl (C=O) groups excluding carboxylic acids is 1. The van der Waals surface area contributed by atoms with Crippen LogP contribution in [0.25, 0.3) is 0 Å². The van der Waals surface area contributed by atoms with Crippen LogP contribution in [0, 0.1) is 0 Å². The highest BCUT2D eigenvalue weighted by atomic mass is 127. The molecule has 25 heavy (non-hydrogen) atoms. The summed E-state index contributed by atoms with van der Waals surface area (Å²) in [6.07, 6.45) is 0.284. The molecular weight excluding hydrogens is 517 g/mol. The van der Waals surface area contributed by atoms with Crippen LogP contribution >= 0.6 is 46.1 Å². The van der Waals surface area contributed by atoms with Crippen LogP contribution in [0.2, 0.25) is 0 Å². The highest BCUT2D eigenvalue weighted by Crippen LogP contribution is 2.24. The van der Waals surface area contributed by atoms with E-state index in [9.17, 15) is 4.79 Å². The smallest absolute Gasteiger partial charge is 0.407 e. The minimum atomic E-state index is -0.382. The topological polar surface area (TPSA) is 47.6 Å².